The van der Waals surface area contributed by atoms with Crippen molar-refractivity contribution < 1.29 is 13.9 Å². The number of piperidine rings is 1. The Morgan fingerprint density at radius 1 is 1.33 bits per heavy atom. The van der Waals surface area contributed by atoms with E-state index < -0.39 is 5.97 Å². The number of hydrogen-bond donors (Lipinski definition) is 1. The Morgan fingerprint density at radius 2 is 2.10 bits per heavy atom. The van der Waals surface area contributed by atoms with Gasteiger partial charge in [0.2, 0.25) is 5.76 Å². The highest BCUT2D eigenvalue weighted by atomic mass is 16.5. The van der Waals surface area contributed by atoms with Crippen molar-refractivity contribution in [2.24, 2.45) is 5.92 Å². The SMILES string of the molecule is COC(=O)c1ccc(CN2CCC(NCC3CC3)CC2)o1. The number of carbonyl (C=O) groups excluding carboxylic acids is 1. The lowest BCUT2D eigenvalue weighted by molar-refractivity contribution is 0.0560. The zero-order valence-electron chi connectivity index (χ0n) is 12.6. The Labute approximate surface area is 125 Å². The summed E-state index contributed by atoms with van der Waals surface area (Å²) in [5.41, 5.74) is 0. The Balaban J connectivity index is 1.42. The Bertz CT molecular complexity index is 474. The van der Waals surface area contributed by atoms with Crippen LogP contribution in [0.1, 0.15) is 42.0 Å². The molecule has 116 valence electrons. The number of carbonyl (C=O) groups is 1. The molecule has 0 bridgehead atoms. The standard InChI is InChI=1S/C16H24N2O3/c1-20-16(19)15-5-4-14(21-15)11-18-8-6-13(7-9-18)17-10-12-2-3-12/h4-5,12-13,17H,2-3,6-11H2,1H3. The van der Waals surface area contributed by atoms with Crippen molar-refractivity contribution in [3.8, 4) is 0 Å². The molecule has 21 heavy (non-hydrogen) atoms. The van der Waals surface area contributed by atoms with Crippen LogP contribution in [0.5, 0.6) is 0 Å². The van der Waals surface area contributed by atoms with Crippen LogP contribution in [0.25, 0.3) is 0 Å². The third-order valence-electron chi connectivity index (χ3n) is 4.41. The normalized spacial score (nSPS) is 20.6. The zero-order valence-corrected chi connectivity index (χ0v) is 12.6. The Kier molecular flexibility index (Phi) is 4.60. The minimum absolute atomic E-state index is 0.286. The number of nitrogens with one attached hydrogen (secondary N) is 1. The number of furan rings is 1. The van der Waals surface area contributed by atoms with Gasteiger partial charge in [0.05, 0.1) is 13.7 Å². The monoisotopic (exact) mass is 292 g/mol. The van der Waals surface area contributed by atoms with Crippen LogP contribution in [0.3, 0.4) is 0 Å². The third kappa shape index (κ3) is 4.08. The summed E-state index contributed by atoms with van der Waals surface area (Å²) in [5, 5.41) is 3.68. The van der Waals surface area contributed by atoms with E-state index in [1.807, 2.05) is 6.07 Å². The summed E-state index contributed by atoms with van der Waals surface area (Å²) in [7, 11) is 1.37. The van der Waals surface area contributed by atoms with Gasteiger partial charge in [-0.3, -0.25) is 4.90 Å². The molecule has 0 amide bonds. The number of methoxy groups -OCH3 is 1. The lowest BCUT2D eigenvalue weighted by Crippen LogP contribution is -2.42. The molecule has 1 aromatic rings. The van der Waals surface area contributed by atoms with Gasteiger partial charge in [0.25, 0.3) is 0 Å². The first-order chi connectivity index (χ1) is 10.2. The summed E-state index contributed by atoms with van der Waals surface area (Å²) in [6.45, 7) is 4.13. The molecule has 5 nitrogen and oxygen atoms in total. The summed E-state index contributed by atoms with van der Waals surface area (Å²) in [5.74, 6) is 1.65. The molecule has 1 aliphatic carbocycles. The number of esters is 1. The fraction of sp³-hybridized carbons (Fsp3) is 0.688. The number of likely N-dealkylation sites (tertiary alicyclic amines) is 1. The van der Waals surface area contributed by atoms with Crippen molar-refractivity contribution in [2.75, 3.05) is 26.7 Å². The second-order valence-corrected chi connectivity index (χ2v) is 6.16. The second-order valence-electron chi connectivity index (χ2n) is 6.16. The van der Waals surface area contributed by atoms with Gasteiger partial charge in [0.15, 0.2) is 0 Å². The van der Waals surface area contributed by atoms with Crippen LogP contribution >= 0.6 is 0 Å². The van der Waals surface area contributed by atoms with Crippen molar-refractivity contribution in [3.63, 3.8) is 0 Å². The average molecular weight is 292 g/mol. The molecular formula is C16H24N2O3. The highest BCUT2D eigenvalue weighted by Crippen LogP contribution is 2.28. The summed E-state index contributed by atoms with van der Waals surface area (Å²) >= 11 is 0. The van der Waals surface area contributed by atoms with Crippen LogP contribution in [-0.4, -0.2) is 43.7 Å². The first-order valence-corrected chi connectivity index (χ1v) is 7.87. The summed E-state index contributed by atoms with van der Waals surface area (Å²) < 4.78 is 10.2. The predicted octanol–water partition coefficient (Wildman–Crippen LogP) is 2.03. The smallest absolute Gasteiger partial charge is 0.373 e. The fourth-order valence-corrected chi connectivity index (χ4v) is 2.84. The Hall–Kier alpha value is -1.33. The maximum atomic E-state index is 11.4. The molecule has 0 unspecified atom stereocenters. The van der Waals surface area contributed by atoms with E-state index in [0.29, 0.717) is 6.04 Å². The van der Waals surface area contributed by atoms with E-state index >= 15 is 0 Å². The quantitative estimate of drug-likeness (QED) is 0.813. The van der Waals surface area contributed by atoms with Crippen LogP contribution in [0.2, 0.25) is 0 Å². The highest BCUT2D eigenvalue weighted by Gasteiger charge is 2.24. The van der Waals surface area contributed by atoms with Crippen LogP contribution in [0.15, 0.2) is 16.5 Å². The number of hydrogen-bond acceptors (Lipinski definition) is 5. The van der Waals surface area contributed by atoms with Crippen molar-refractivity contribution in [1.82, 2.24) is 10.2 Å². The molecule has 1 saturated heterocycles. The molecule has 0 aromatic carbocycles. The number of ether oxygens (including phenoxy) is 1. The summed E-state index contributed by atoms with van der Waals surface area (Å²) in [4.78, 5) is 13.7. The molecular weight excluding hydrogens is 268 g/mol. The lowest BCUT2D eigenvalue weighted by atomic mass is 10.0. The second kappa shape index (κ2) is 6.62. The van der Waals surface area contributed by atoms with E-state index in [1.54, 1.807) is 6.07 Å². The van der Waals surface area contributed by atoms with Crippen LogP contribution in [-0.2, 0) is 11.3 Å². The van der Waals surface area contributed by atoms with Gasteiger partial charge in [0.1, 0.15) is 5.76 Å². The summed E-state index contributed by atoms with van der Waals surface area (Å²) in [6.07, 6.45) is 5.20. The molecule has 0 radical (unpaired) electrons. The molecule has 5 heteroatoms. The topological polar surface area (TPSA) is 54.7 Å². The van der Waals surface area contributed by atoms with Gasteiger partial charge in [0, 0.05) is 19.1 Å². The van der Waals surface area contributed by atoms with Gasteiger partial charge in [-0.05, 0) is 50.3 Å². The molecule has 2 aliphatic rings. The summed E-state index contributed by atoms with van der Waals surface area (Å²) in [6, 6.07) is 4.22. The predicted molar refractivity (Wildman–Crippen MR) is 79.1 cm³/mol. The van der Waals surface area contributed by atoms with Crippen molar-refractivity contribution >= 4 is 5.97 Å². The maximum Gasteiger partial charge on any atom is 0.373 e. The highest BCUT2D eigenvalue weighted by molar-refractivity contribution is 5.86. The average Bonchev–Trinajstić information content (AvgIpc) is 3.23. The van der Waals surface area contributed by atoms with E-state index in [2.05, 4.69) is 15.0 Å². The number of rotatable bonds is 6. The molecule has 1 saturated carbocycles. The van der Waals surface area contributed by atoms with Gasteiger partial charge < -0.3 is 14.5 Å². The Morgan fingerprint density at radius 3 is 2.76 bits per heavy atom. The van der Waals surface area contributed by atoms with E-state index in [0.717, 1.165) is 31.3 Å². The minimum atomic E-state index is -0.413. The van der Waals surface area contributed by atoms with Gasteiger partial charge in [-0.1, -0.05) is 0 Å². The van der Waals surface area contributed by atoms with Gasteiger partial charge in [-0.25, -0.2) is 4.79 Å². The van der Waals surface area contributed by atoms with E-state index in [-0.39, 0.29) is 5.76 Å². The van der Waals surface area contributed by atoms with Crippen molar-refractivity contribution in [1.29, 1.82) is 0 Å². The minimum Gasteiger partial charge on any atom is -0.463 e. The molecule has 1 aliphatic heterocycles. The van der Waals surface area contributed by atoms with Crippen LogP contribution in [0.4, 0.5) is 0 Å². The maximum absolute atomic E-state index is 11.4. The molecule has 1 N–H and O–H groups in total. The van der Waals surface area contributed by atoms with Gasteiger partial charge in [-0.15, -0.1) is 0 Å². The van der Waals surface area contributed by atoms with Crippen LogP contribution < -0.4 is 5.32 Å². The molecule has 1 aromatic heterocycles. The fourth-order valence-electron chi connectivity index (χ4n) is 2.84. The molecule has 2 heterocycles. The van der Waals surface area contributed by atoms with Gasteiger partial charge >= 0.3 is 5.97 Å². The first-order valence-electron chi connectivity index (χ1n) is 7.87. The number of nitrogens with zero attached hydrogens (tertiary/aromatic N) is 1. The molecule has 2 fully saturated rings. The van der Waals surface area contributed by atoms with Crippen molar-refractivity contribution in [3.05, 3.63) is 23.7 Å². The van der Waals surface area contributed by atoms with Crippen molar-refractivity contribution in [2.45, 2.75) is 38.3 Å². The van der Waals surface area contributed by atoms with Gasteiger partial charge in [-0.2, -0.15) is 0 Å². The van der Waals surface area contributed by atoms with E-state index in [1.165, 1.54) is 39.3 Å². The third-order valence-corrected chi connectivity index (χ3v) is 4.41. The van der Waals surface area contributed by atoms with E-state index in [4.69, 9.17) is 4.42 Å². The molecule has 3 rings (SSSR count). The van der Waals surface area contributed by atoms with E-state index in [9.17, 15) is 4.79 Å². The lowest BCUT2D eigenvalue weighted by Gasteiger charge is -2.31. The first kappa shape index (κ1) is 14.6. The largest absolute Gasteiger partial charge is 0.463 e. The molecule has 0 atom stereocenters. The van der Waals surface area contributed by atoms with Crippen LogP contribution in [0, 0.1) is 5.92 Å². The zero-order chi connectivity index (χ0) is 14.7. The molecule has 0 spiro atoms.